The molecule has 8 heteroatoms. The van der Waals surface area contributed by atoms with Crippen molar-refractivity contribution in [3.63, 3.8) is 0 Å². The Kier molecular flexibility index (Phi) is 13.3. The maximum Gasteiger partial charge on any atom is 0.338 e. The largest absolute Gasteiger partial charge is 0.497 e. The number of hydrogen-bond donors (Lipinski definition) is 0. The predicted octanol–water partition coefficient (Wildman–Crippen LogP) is 6.41. The van der Waals surface area contributed by atoms with E-state index in [9.17, 15) is 13.8 Å². The first-order valence-corrected chi connectivity index (χ1v) is 15.0. The molecular weight excluding hydrogens is 540 g/mol. The van der Waals surface area contributed by atoms with E-state index < -0.39 is 28.8 Å². The van der Waals surface area contributed by atoms with Crippen LogP contribution in [-0.4, -0.2) is 49.2 Å². The van der Waals surface area contributed by atoms with Gasteiger partial charge in [0.1, 0.15) is 5.75 Å². The molecular formula is C33H38O7S. The normalized spacial score (nSPS) is 12.6. The molecule has 7 nitrogen and oxygen atoms in total. The summed E-state index contributed by atoms with van der Waals surface area (Å²) < 4.78 is 34.7. The van der Waals surface area contributed by atoms with E-state index in [2.05, 4.69) is 12.2 Å². The van der Waals surface area contributed by atoms with Gasteiger partial charge in [-0.3, -0.25) is 0 Å². The van der Waals surface area contributed by atoms with Crippen molar-refractivity contribution in [2.45, 2.75) is 55.4 Å². The molecule has 0 amide bonds. The SMILES string of the molecule is CCOC(=O)c1cccc(S(=O)c2cccc(CC(OCCCCC=Cc3ccc(OC)cc3)C(=O)OCC)c2)c1. The van der Waals surface area contributed by atoms with E-state index >= 15 is 0 Å². The van der Waals surface area contributed by atoms with Crippen LogP contribution in [0.1, 0.15) is 54.6 Å². The zero-order valence-electron chi connectivity index (χ0n) is 23.9. The third kappa shape index (κ3) is 10.3. The van der Waals surface area contributed by atoms with Gasteiger partial charge in [0.2, 0.25) is 0 Å². The van der Waals surface area contributed by atoms with Gasteiger partial charge in [0, 0.05) is 22.8 Å². The first-order chi connectivity index (χ1) is 19.9. The van der Waals surface area contributed by atoms with Gasteiger partial charge in [-0.2, -0.15) is 0 Å². The first-order valence-electron chi connectivity index (χ1n) is 13.8. The Morgan fingerprint density at radius 2 is 1.59 bits per heavy atom. The number of carbonyl (C=O) groups is 2. The number of unbranched alkanes of at least 4 members (excludes halogenated alkanes) is 2. The van der Waals surface area contributed by atoms with Crippen molar-refractivity contribution >= 4 is 28.8 Å². The Bertz CT molecular complexity index is 1320. The molecule has 0 fully saturated rings. The first kappa shape index (κ1) is 31.8. The van der Waals surface area contributed by atoms with Crippen LogP contribution in [0.2, 0.25) is 0 Å². The minimum absolute atomic E-state index is 0.260. The van der Waals surface area contributed by atoms with Crippen LogP contribution in [0, 0.1) is 0 Å². The fourth-order valence-corrected chi connectivity index (χ4v) is 5.23. The standard InChI is InChI=1S/C33H38O7S/c1-4-38-32(34)27-14-11-16-30(24-27)41(36)29-15-10-13-26(22-29)23-31(33(35)39-5-2)40-21-9-7-6-8-12-25-17-19-28(37-3)20-18-25/h8,10-20,22,24,31H,4-7,9,21,23H2,1-3H3. The van der Waals surface area contributed by atoms with Crippen LogP contribution in [0.3, 0.4) is 0 Å². The number of benzene rings is 3. The molecule has 218 valence electrons. The quantitative estimate of drug-likeness (QED) is 0.143. The lowest BCUT2D eigenvalue weighted by Gasteiger charge is -2.17. The number of hydrogen-bond acceptors (Lipinski definition) is 7. The molecule has 2 unspecified atom stereocenters. The van der Waals surface area contributed by atoms with Crippen LogP contribution < -0.4 is 4.74 Å². The van der Waals surface area contributed by atoms with Gasteiger partial charge in [0.25, 0.3) is 0 Å². The Morgan fingerprint density at radius 3 is 2.29 bits per heavy atom. The summed E-state index contributed by atoms with van der Waals surface area (Å²) >= 11 is 0. The second-order valence-electron chi connectivity index (χ2n) is 9.15. The lowest BCUT2D eigenvalue weighted by molar-refractivity contribution is -0.156. The van der Waals surface area contributed by atoms with E-state index in [4.69, 9.17) is 18.9 Å². The van der Waals surface area contributed by atoms with E-state index in [0.29, 0.717) is 28.4 Å². The third-order valence-electron chi connectivity index (χ3n) is 6.15. The minimum atomic E-state index is -1.52. The molecule has 0 aromatic heterocycles. The van der Waals surface area contributed by atoms with Crippen molar-refractivity contribution in [3.8, 4) is 5.75 Å². The zero-order valence-corrected chi connectivity index (χ0v) is 24.7. The molecule has 0 heterocycles. The Morgan fingerprint density at radius 1 is 0.878 bits per heavy atom. The van der Waals surface area contributed by atoms with E-state index in [1.54, 1.807) is 63.4 Å². The molecule has 41 heavy (non-hydrogen) atoms. The van der Waals surface area contributed by atoms with Crippen molar-refractivity contribution in [3.05, 3.63) is 95.6 Å². The molecule has 0 saturated carbocycles. The highest BCUT2D eigenvalue weighted by Crippen LogP contribution is 2.21. The molecule has 3 rings (SSSR count). The summed E-state index contributed by atoms with van der Waals surface area (Å²) in [6.07, 6.45) is 6.34. The number of allylic oxidation sites excluding steroid dienone is 1. The second-order valence-corrected chi connectivity index (χ2v) is 10.6. The molecule has 0 bridgehead atoms. The summed E-state index contributed by atoms with van der Waals surface area (Å²) in [5, 5.41) is 0. The van der Waals surface area contributed by atoms with Crippen LogP contribution >= 0.6 is 0 Å². The number of rotatable bonds is 16. The highest BCUT2D eigenvalue weighted by Gasteiger charge is 2.22. The Balaban J connectivity index is 1.56. The fraction of sp³-hybridized carbons (Fsp3) is 0.333. The predicted molar refractivity (Wildman–Crippen MR) is 159 cm³/mol. The van der Waals surface area contributed by atoms with Gasteiger partial charge in [-0.1, -0.05) is 42.5 Å². The van der Waals surface area contributed by atoms with E-state index in [1.165, 1.54) is 0 Å². The summed E-state index contributed by atoms with van der Waals surface area (Å²) in [5.74, 6) is -0.0420. The summed E-state index contributed by atoms with van der Waals surface area (Å²) in [6.45, 7) is 4.45. The van der Waals surface area contributed by atoms with Crippen LogP contribution in [0.5, 0.6) is 5.75 Å². The van der Waals surface area contributed by atoms with Crippen LogP contribution in [0.15, 0.2) is 88.7 Å². The number of carbonyl (C=O) groups excluding carboxylic acids is 2. The van der Waals surface area contributed by atoms with Gasteiger partial charge >= 0.3 is 11.9 Å². The molecule has 0 saturated heterocycles. The third-order valence-corrected chi connectivity index (χ3v) is 7.52. The Labute approximate surface area is 244 Å². The molecule has 2 atom stereocenters. The van der Waals surface area contributed by atoms with Crippen molar-refractivity contribution < 1.29 is 32.7 Å². The smallest absolute Gasteiger partial charge is 0.338 e. The van der Waals surface area contributed by atoms with Gasteiger partial charge in [-0.05, 0) is 86.7 Å². The maximum atomic E-state index is 13.3. The molecule has 0 spiro atoms. The number of esters is 2. The fourth-order valence-electron chi connectivity index (χ4n) is 4.06. The second kappa shape index (κ2) is 17.1. The van der Waals surface area contributed by atoms with Crippen molar-refractivity contribution in [2.75, 3.05) is 26.9 Å². The molecule has 0 radical (unpaired) electrons. The summed E-state index contributed by atoms with van der Waals surface area (Å²) in [5.41, 5.74) is 2.26. The lowest BCUT2D eigenvalue weighted by Crippen LogP contribution is -2.29. The van der Waals surface area contributed by atoms with Crippen LogP contribution in [-0.2, 0) is 36.2 Å². The van der Waals surface area contributed by atoms with E-state index in [-0.39, 0.29) is 13.2 Å². The maximum absolute atomic E-state index is 13.3. The van der Waals surface area contributed by atoms with Gasteiger partial charge in [0.15, 0.2) is 6.10 Å². The highest BCUT2D eigenvalue weighted by molar-refractivity contribution is 7.85. The van der Waals surface area contributed by atoms with Crippen molar-refractivity contribution in [1.82, 2.24) is 0 Å². The van der Waals surface area contributed by atoms with E-state index in [0.717, 1.165) is 36.1 Å². The lowest BCUT2D eigenvalue weighted by atomic mass is 10.1. The monoisotopic (exact) mass is 578 g/mol. The Hall–Kier alpha value is -3.75. The summed E-state index contributed by atoms with van der Waals surface area (Å²) in [7, 11) is 0.128. The summed E-state index contributed by atoms with van der Waals surface area (Å²) in [4.78, 5) is 25.8. The van der Waals surface area contributed by atoms with Crippen LogP contribution in [0.4, 0.5) is 0 Å². The molecule has 3 aromatic carbocycles. The molecule has 3 aromatic rings. The topological polar surface area (TPSA) is 88.1 Å². The molecule has 0 N–H and O–H groups in total. The highest BCUT2D eigenvalue weighted by atomic mass is 32.2. The zero-order chi connectivity index (χ0) is 29.5. The van der Waals surface area contributed by atoms with Crippen LogP contribution in [0.25, 0.3) is 6.08 Å². The minimum Gasteiger partial charge on any atom is -0.497 e. The molecule has 0 aliphatic carbocycles. The van der Waals surface area contributed by atoms with Crippen molar-refractivity contribution in [1.29, 1.82) is 0 Å². The van der Waals surface area contributed by atoms with Gasteiger partial charge < -0.3 is 18.9 Å². The van der Waals surface area contributed by atoms with Crippen molar-refractivity contribution in [2.24, 2.45) is 0 Å². The van der Waals surface area contributed by atoms with E-state index in [1.807, 2.05) is 30.3 Å². The molecule has 0 aliphatic rings. The summed E-state index contributed by atoms with van der Waals surface area (Å²) in [6, 6.07) is 21.7. The van der Waals surface area contributed by atoms with Gasteiger partial charge in [-0.25, -0.2) is 13.8 Å². The average Bonchev–Trinajstić information content (AvgIpc) is 3.00. The number of methoxy groups -OCH3 is 1. The van der Waals surface area contributed by atoms with Gasteiger partial charge in [0.05, 0.1) is 36.7 Å². The molecule has 0 aliphatic heterocycles. The average molecular weight is 579 g/mol. The van der Waals surface area contributed by atoms with Gasteiger partial charge in [-0.15, -0.1) is 0 Å². The number of ether oxygens (including phenoxy) is 4.